The molecule has 0 radical (unpaired) electrons. The smallest absolute Gasteiger partial charge is 0.129 e. The van der Waals surface area contributed by atoms with Crippen molar-refractivity contribution in [3.63, 3.8) is 0 Å². The highest BCUT2D eigenvalue weighted by molar-refractivity contribution is 5.19. The van der Waals surface area contributed by atoms with E-state index in [1.54, 1.807) is 6.07 Å². The minimum Gasteiger partial charge on any atom is -0.316 e. The van der Waals surface area contributed by atoms with Gasteiger partial charge in [0.1, 0.15) is 11.6 Å². The van der Waals surface area contributed by atoms with E-state index in [9.17, 15) is 8.78 Å². The van der Waals surface area contributed by atoms with Crippen molar-refractivity contribution in [1.82, 2.24) is 5.32 Å². The largest absolute Gasteiger partial charge is 0.316 e. The molecule has 0 aromatic heterocycles. The van der Waals surface area contributed by atoms with E-state index in [0.717, 1.165) is 6.07 Å². The lowest BCUT2D eigenvalue weighted by molar-refractivity contribution is 0.373. The average Bonchev–Trinajstić information content (AvgIpc) is 2.81. The van der Waals surface area contributed by atoms with Crippen LogP contribution in [0.3, 0.4) is 0 Å². The van der Waals surface area contributed by atoms with Gasteiger partial charge in [0.2, 0.25) is 0 Å². The van der Waals surface area contributed by atoms with E-state index >= 15 is 0 Å². The zero-order valence-corrected chi connectivity index (χ0v) is 10.2. The molecule has 1 N–H and O–H groups in total. The minimum atomic E-state index is -0.506. The van der Waals surface area contributed by atoms with E-state index in [1.807, 2.05) is 7.05 Å². The SMILES string of the molecule is CNC(Cc1ccc(F)cc1F)C1CCCC1. The Kier molecular flexibility index (Phi) is 4.11. The molecule has 94 valence electrons. The van der Waals surface area contributed by atoms with Crippen LogP contribution in [-0.2, 0) is 6.42 Å². The normalized spacial score (nSPS) is 18.5. The first-order valence-corrected chi connectivity index (χ1v) is 6.32. The van der Waals surface area contributed by atoms with Gasteiger partial charge < -0.3 is 5.32 Å². The van der Waals surface area contributed by atoms with Gasteiger partial charge in [-0.05, 0) is 43.9 Å². The molecule has 17 heavy (non-hydrogen) atoms. The van der Waals surface area contributed by atoms with Gasteiger partial charge >= 0.3 is 0 Å². The van der Waals surface area contributed by atoms with Gasteiger partial charge in [-0.2, -0.15) is 0 Å². The highest BCUT2D eigenvalue weighted by atomic mass is 19.1. The van der Waals surface area contributed by atoms with Gasteiger partial charge in [-0.3, -0.25) is 0 Å². The van der Waals surface area contributed by atoms with Gasteiger partial charge in [-0.15, -0.1) is 0 Å². The summed E-state index contributed by atoms with van der Waals surface area (Å²) in [6.07, 6.45) is 5.62. The number of nitrogens with one attached hydrogen (secondary N) is 1. The Bertz CT molecular complexity index is 372. The molecule has 1 nitrogen and oxygen atoms in total. The number of likely N-dealkylation sites (N-methyl/N-ethyl adjacent to an activating group) is 1. The number of hydrogen-bond acceptors (Lipinski definition) is 1. The van der Waals surface area contributed by atoms with Gasteiger partial charge in [0.25, 0.3) is 0 Å². The van der Waals surface area contributed by atoms with Crippen LogP contribution in [-0.4, -0.2) is 13.1 Å². The molecule has 1 atom stereocenters. The van der Waals surface area contributed by atoms with Crippen LogP contribution < -0.4 is 5.32 Å². The zero-order chi connectivity index (χ0) is 12.3. The first-order chi connectivity index (χ1) is 8.20. The molecule has 0 spiro atoms. The van der Waals surface area contributed by atoms with E-state index in [0.29, 0.717) is 23.9 Å². The summed E-state index contributed by atoms with van der Waals surface area (Å²) in [6.45, 7) is 0. The van der Waals surface area contributed by atoms with E-state index in [2.05, 4.69) is 5.32 Å². The Balaban J connectivity index is 2.06. The maximum atomic E-state index is 13.6. The molecule has 1 aromatic carbocycles. The molecule has 0 amide bonds. The number of hydrogen-bond donors (Lipinski definition) is 1. The predicted octanol–water partition coefficient (Wildman–Crippen LogP) is 3.29. The van der Waals surface area contributed by atoms with Crippen LogP contribution in [0.4, 0.5) is 8.78 Å². The summed E-state index contributed by atoms with van der Waals surface area (Å²) in [6, 6.07) is 4.16. The third kappa shape index (κ3) is 3.03. The molecule has 1 aliphatic carbocycles. The Morgan fingerprint density at radius 3 is 2.59 bits per heavy atom. The fourth-order valence-corrected chi connectivity index (χ4v) is 2.79. The highest BCUT2D eigenvalue weighted by Gasteiger charge is 2.24. The summed E-state index contributed by atoms with van der Waals surface area (Å²) in [7, 11) is 1.92. The van der Waals surface area contributed by atoms with Gasteiger partial charge in [0, 0.05) is 12.1 Å². The van der Waals surface area contributed by atoms with E-state index in [4.69, 9.17) is 0 Å². The van der Waals surface area contributed by atoms with Crippen molar-refractivity contribution in [3.8, 4) is 0 Å². The fraction of sp³-hybridized carbons (Fsp3) is 0.571. The molecule has 0 bridgehead atoms. The first kappa shape index (κ1) is 12.5. The van der Waals surface area contributed by atoms with Gasteiger partial charge in [-0.1, -0.05) is 18.9 Å². The van der Waals surface area contributed by atoms with Crippen molar-refractivity contribution in [2.24, 2.45) is 5.92 Å². The second-order valence-electron chi connectivity index (χ2n) is 4.88. The molecule has 3 heteroatoms. The topological polar surface area (TPSA) is 12.0 Å². The molecule has 0 saturated heterocycles. The molecule has 1 saturated carbocycles. The van der Waals surface area contributed by atoms with Crippen LogP contribution in [0.2, 0.25) is 0 Å². The van der Waals surface area contributed by atoms with E-state index < -0.39 is 11.6 Å². The second-order valence-corrected chi connectivity index (χ2v) is 4.88. The van der Waals surface area contributed by atoms with Crippen LogP contribution in [0.15, 0.2) is 18.2 Å². The Labute approximate surface area is 101 Å². The van der Waals surface area contributed by atoms with Crippen molar-refractivity contribution in [2.45, 2.75) is 38.1 Å². The van der Waals surface area contributed by atoms with E-state index in [1.165, 1.54) is 31.7 Å². The lowest BCUT2D eigenvalue weighted by atomic mass is 9.92. The van der Waals surface area contributed by atoms with Crippen molar-refractivity contribution in [1.29, 1.82) is 0 Å². The van der Waals surface area contributed by atoms with Crippen molar-refractivity contribution < 1.29 is 8.78 Å². The van der Waals surface area contributed by atoms with Crippen LogP contribution in [0, 0.1) is 17.6 Å². The summed E-state index contributed by atoms with van der Waals surface area (Å²) in [5, 5.41) is 3.27. The number of benzene rings is 1. The first-order valence-electron chi connectivity index (χ1n) is 6.32. The van der Waals surface area contributed by atoms with Crippen molar-refractivity contribution in [2.75, 3.05) is 7.05 Å². The number of rotatable bonds is 4. The summed E-state index contributed by atoms with van der Waals surface area (Å²) in [5.41, 5.74) is 0.609. The quantitative estimate of drug-likeness (QED) is 0.850. The maximum Gasteiger partial charge on any atom is 0.129 e. The zero-order valence-electron chi connectivity index (χ0n) is 10.2. The Morgan fingerprint density at radius 1 is 1.29 bits per heavy atom. The van der Waals surface area contributed by atoms with Crippen LogP contribution in [0.5, 0.6) is 0 Å². The predicted molar refractivity (Wildman–Crippen MR) is 64.9 cm³/mol. The molecule has 0 heterocycles. The van der Waals surface area contributed by atoms with Gasteiger partial charge in [0.05, 0.1) is 0 Å². The Morgan fingerprint density at radius 2 is 2.00 bits per heavy atom. The molecule has 1 aliphatic rings. The summed E-state index contributed by atoms with van der Waals surface area (Å²) in [4.78, 5) is 0. The third-order valence-electron chi connectivity index (χ3n) is 3.79. The van der Waals surface area contributed by atoms with Crippen LogP contribution >= 0.6 is 0 Å². The number of halogens is 2. The van der Waals surface area contributed by atoms with Crippen molar-refractivity contribution >= 4 is 0 Å². The van der Waals surface area contributed by atoms with E-state index in [-0.39, 0.29) is 0 Å². The van der Waals surface area contributed by atoms with Gasteiger partial charge in [-0.25, -0.2) is 8.78 Å². The lowest BCUT2D eigenvalue weighted by Crippen LogP contribution is -2.34. The summed E-state index contributed by atoms with van der Waals surface area (Å²) in [5.74, 6) is -0.305. The molecule has 2 rings (SSSR count). The van der Waals surface area contributed by atoms with Crippen LogP contribution in [0.25, 0.3) is 0 Å². The Hall–Kier alpha value is -0.960. The lowest BCUT2D eigenvalue weighted by Gasteiger charge is -2.23. The molecular formula is C14H19F2N. The van der Waals surface area contributed by atoms with Gasteiger partial charge in [0.15, 0.2) is 0 Å². The average molecular weight is 239 g/mol. The third-order valence-corrected chi connectivity index (χ3v) is 3.79. The molecular weight excluding hydrogens is 220 g/mol. The standard InChI is InChI=1S/C14H19F2N/c1-17-14(10-4-2-3-5-10)8-11-6-7-12(15)9-13(11)16/h6-7,9-10,14,17H,2-5,8H2,1H3. The minimum absolute atomic E-state index is 0.303. The second kappa shape index (κ2) is 5.58. The fourth-order valence-electron chi connectivity index (χ4n) is 2.79. The summed E-state index contributed by atoms with van der Waals surface area (Å²) < 4.78 is 26.4. The summed E-state index contributed by atoms with van der Waals surface area (Å²) >= 11 is 0. The maximum absolute atomic E-state index is 13.6. The molecule has 1 unspecified atom stereocenters. The molecule has 0 aliphatic heterocycles. The molecule has 1 fully saturated rings. The highest BCUT2D eigenvalue weighted by Crippen LogP contribution is 2.29. The van der Waals surface area contributed by atoms with Crippen LogP contribution in [0.1, 0.15) is 31.2 Å². The van der Waals surface area contributed by atoms with Crippen molar-refractivity contribution in [3.05, 3.63) is 35.4 Å². The monoisotopic (exact) mass is 239 g/mol. The molecule has 1 aromatic rings.